The molecule has 0 saturated carbocycles. The predicted octanol–water partition coefficient (Wildman–Crippen LogP) is 2.94. The summed E-state index contributed by atoms with van der Waals surface area (Å²) in [5, 5.41) is 6.42. The quantitative estimate of drug-likeness (QED) is 0.880. The van der Waals surface area contributed by atoms with Gasteiger partial charge in [0.2, 0.25) is 5.91 Å². The van der Waals surface area contributed by atoms with E-state index in [-0.39, 0.29) is 18.0 Å². The second kappa shape index (κ2) is 4.49. The summed E-state index contributed by atoms with van der Waals surface area (Å²) in [6, 6.07) is 9.80. The van der Waals surface area contributed by atoms with Crippen LogP contribution in [0.1, 0.15) is 41.8 Å². The summed E-state index contributed by atoms with van der Waals surface area (Å²) in [7, 11) is 0. The van der Waals surface area contributed by atoms with E-state index >= 15 is 0 Å². The zero-order chi connectivity index (χ0) is 13.5. The number of aryl methyl sites for hydroxylation is 1. The topological polar surface area (TPSA) is 54.3 Å². The number of fused-ring (bicyclic) bond motifs is 2. The average molecular weight is 268 g/mol. The van der Waals surface area contributed by atoms with E-state index in [1.807, 2.05) is 30.3 Å². The molecular weight excluding hydrogens is 252 g/mol. The van der Waals surface area contributed by atoms with Gasteiger partial charge in [-0.3, -0.25) is 10.1 Å². The van der Waals surface area contributed by atoms with Crippen molar-refractivity contribution in [2.75, 3.05) is 5.32 Å². The highest BCUT2D eigenvalue weighted by molar-refractivity contribution is 6.02. The first-order chi connectivity index (χ1) is 9.83. The maximum absolute atomic E-state index is 12.2. The van der Waals surface area contributed by atoms with E-state index in [0.717, 1.165) is 36.3 Å². The minimum Gasteiger partial charge on any atom is -0.469 e. The highest BCUT2D eigenvalue weighted by Gasteiger charge is 2.33. The van der Waals surface area contributed by atoms with Crippen molar-refractivity contribution >= 4 is 11.6 Å². The van der Waals surface area contributed by atoms with Crippen LogP contribution in [-0.2, 0) is 11.2 Å². The van der Waals surface area contributed by atoms with Crippen molar-refractivity contribution in [2.45, 2.75) is 31.3 Å². The molecule has 2 N–H and O–H groups in total. The lowest BCUT2D eigenvalue weighted by Gasteiger charge is -2.25. The van der Waals surface area contributed by atoms with Crippen LogP contribution in [0.3, 0.4) is 0 Å². The van der Waals surface area contributed by atoms with Crippen molar-refractivity contribution in [2.24, 2.45) is 0 Å². The molecule has 1 aromatic heterocycles. The fourth-order valence-corrected chi connectivity index (χ4v) is 3.23. The van der Waals surface area contributed by atoms with E-state index in [9.17, 15) is 4.79 Å². The van der Waals surface area contributed by atoms with Gasteiger partial charge < -0.3 is 9.73 Å². The number of furan rings is 1. The minimum atomic E-state index is -0.267. The monoisotopic (exact) mass is 268 g/mol. The van der Waals surface area contributed by atoms with E-state index in [4.69, 9.17) is 4.42 Å². The number of hydrogen-bond acceptors (Lipinski definition) is 3. The summed E-state index contributed by atoms with van der Waals surface area (Å²) in [4.78, 5) is 12.2. The van der Waals surface area contributed by atoms with E-state index in [2.05, 4.69) is 10.6 Å². The normalized spacial score (nSPS) is 24.1. The van der Waals surface area contributed by atoms with Gasteiger partial charge in [0.25, 0.3) is 0 Å². The van der Waals surface area contributed by atoms with Crippen molar-refractivity contribution in [1.29, 1.82) is 0 Å². The Morgan fingerprint density at radius 1 is 1.20 bits per heavy atom. The molecule has 0 radical (unpaired) electrons. The van der Waals surface area contributed by atoms with Crippen molar-refractivity contribution in [3.8, 4) is 0 Å². The van der Waals surface area contributed by atoms with Crippen molar-refractivity contribution in [1.82, 2.24) is 5.32 Å². The maximum Gasteiger partial charge on any atom is 0.246 e. The van der Waals surface area contributed by atoms with E-state index in [1.165, 1.54) is 5.56 Å². The maximum atomic E-state index is 12.2. The molecule has 4 rings (SSSR count). The number of benzene rings is 1. The van der Waals surface area contributed by atoms with Crippen LogP contribution >= 0.6 is 0 Å². The largest absolute Gasteiger partial charge is 0.469 e. The average Bonchev–Trinajstić information content (AvgIpc) is 3.05. The van der Waals surface area contributed by atoms with Crippen LogP contribution in [0.5, 0.6) is 0 Å². The molecular formula is C16H16N2O2. The molecule has 2 aromatic rings. The number of nitrogens with one attached hydrogen (secondary N) is 2. The van der Waals surface area contributed by atoms with Gasteiger partial charge in [-0.05, 0) is 25.0 Å². The van der Waals surface area contributed by atoms with Gasteiger partial charge in [-0.15, -0.1) is 0 Å². The van der Waals surface area contributed by atoms with Crippen LogP contribution in [0, 0.1) is 0 Å². The summed E-state index contributed by atoms with van der Waals surface area (Å²) in [5.74, 6) is 1.09. The van der Waals surface area contributed by atoms with Crippen LogP contribution in [0.2, 0.25) is 0 Å². The van der Waals surface area contributed by atoms with Crippen LogP contribution in [0.4, 0.5) is 5.69 Å². The third-order valence-electron chi connectivity index (χ3n) is 4.21. The Bertz CT molecular complexity index is 662. The Hall–Kier alpha value is -2.07. The summed E-state index contributed by atoms with van der Waals surface area (Å²) in [5.41, 5.74) is 3.15. The van der Waals surface area contributed by atoms with Gasteiger partial charge in [0, 0.05) is 29.3 Å². The first kappa shape index (κ1) is 11.7. The Morgan fingerprint density at radius 3 is 3.05 bits per heavy atom. The van der Waals surface area contributed by atoms with Crippen molar-refractivity contribution in [3.05, 3.63) is 53.5 Å². The summed E-state index contributed by atoms with van der Waals surface area (Å²) in [6.07, 6.45) is 4.87. The number of rotatable bonds is 2. The minimum absolute atomic E-state index is 0.0295. The molecule has 4 heteroatoms. The van der Waals surface area contributed by atoms with E-state index < -0.39 is 0 Å². The molecule has 102 valence electrons. The first-order valence-corrected chi connectivity index (χ1v) is 7.05. The highest BCUT2D eigenvalue weighted by Crippen LogP contribution is 2.36. The second-order valence-electron chi connectivity index (χ2n) is 5.42. The van der Waals surface area contributed by atoms with Crippen LogP contribution < -0.4 is 10.6 Å². The lowest BCUT2D eigenvalue weighted by molar-refractivity contribution is -0.117. The molecule has 0 saturated heterocycles. The number of para-hydroxylation sites is 1. The molecule has 4 nitrogen and oxygen atoms in total. The number of carbonyl (C=O) groups excluding carboxylic acids is 1. The van der Waals surface area contributed by atoms with E-state index in [1.54, 1.807) is 6.26 Å². The highest BCUT2D eigenvalue weighted by atomic mass is 16.3. The van der Waals surface area contributed by atoms with Crippen molar-refractivity contribution in [3.63, 3.8) is 0 Å². The number of hydrogen-bond donors (Lipinski definition) is 2. The Balaban J connectivity index is 1.63. The molecule has 1 aliphatic carbocycles. The Labute approximate surface area is 117 Å². The molecule has 0 bridgehead atoms. The Kier molecular flexibility index (Phi) is 2.63. The molecule has 20 heavy (non-hydrogen) atoms. The van der Waals surface area contributed by atoms with Crippen LogP contribution in [-0.4, -0.2) is 5.91 Å². The number of anilines is 1. The number of amides is 1. The molecule has 2 atom stereocenters. The first-order valence-electron chi connectivity index (χ1n) is 7.05. The fraction of sp³-hybridized carbons (Fsp3) is 0.312. The molecule has 0 spiro atoms. The summed E-state index contributed by atoms with van der Waals surface area (Å²) >= 11 is 0. The summed E-state index contributed by atoms with van der Waals surface area (Å²) < 4.78 is 5.51. The van der Waals surface area contributed by atoms with Gasteiger partial charge in [0.05, 0.1) is 6.26 Å². The lowest BCUT2D eigenvalue weighted by atomic mass is 9.92. The molecule has 2 aliphatic rings. The fourth-order valence-electron chi connectivity index (χ4n) is 3.23. The van der Waals surface area contributed by atoms with Crippen molar-refractivity contribution < 1.29 is 9.21 Å². The summed E-state index contributed by atoms with van der Waals surface area (Å²) in [6.45, 7) is 0. The van der Waals surface area contributed by atoms with Crippen LogP contribution in [0.15, 0.2) is 41.0 Å². The zero-order valence-electron chi connectivity index (χ0n) is 11.1. The van der Waals surface area contributed by atoms with Gasteiger partial charge in [-0.25, -0.2) is 0 Å². The molecule has 1 amide bonds. The number of carbonyl (C=O) groups is 1. The Morgan fingerprint density at radius 2 is 2.10 bits per heavy atom. The third-order valence-corrected chi connectivity index (χ3v) is 4.21. The standard InChI is InChI=1S/C16H16N2O2/c19-16-15(11-4-1-2-5-13(11)18-16)17-12-6-3-7-14-10(12)8-9-20-14/h1-2,4-5,8-9,12,15,17H,3,6-7H2,(H,18,19). The smallest absolute Gasteiger partial charge is 0.246 e. The van der Waals surface area contributed by atoms with Gasteiger partial charge in [0.15, 0.2) is 0 Å². The zero-order valence-corrected chi connectivity index (χ0v) is 11.1. The van der Waals surface area contributed by atoms with E-state index in [0.29, 0.717) is 0 Å². The molecule has 0 fully saturated rings. The van der Waals surface area contributed by atoms with Gasteiger partial charge in [-0.2, -0.15) is 0 Å². The second-order valence-corrected chi connectivity index (χ2v) is 5.42. The SMILES string of the molecule is O=C1Nc2ccccc2C1NC1CCCc2occc21. The third kappa shape index (κ3) is 1.76. The molecule has 1 aromatic carbocycles. The van der Waals surface area contributed by atoms with Crippen LogP contribution in [0.25, 0.3) is 0 Å². The van der Waals surface area contributed by atoms with Gasteiger partial charge in [0.1, 0.15) is 11.8 Å². The van der Waals surface area contributed by atoms with Gasteiger partial charge >= 0.3 is 0 Å². The lowest BCUT2D eigenvalue weighted by Crippen LogP contribution is -2.32. The molecule has 2 unspecified atom stereocenters. The predicted molar refractivity (Wildman–Crippen MR) is 75.3 cm³/mol. The molecule has 1 aliphatic heterocycles. The molecule has 2 heterocycles. The van der Waals surface area contributed by atoms with Gasteiger partial charge in [-0.1, -0.05) is 18.2 Å².